The molecule has 1 unspecified atom stereocenters. The lowest BCUT2D eigenvalue weighted by Gasteiger charge is -2.16. The van der Waals surface area contributed by atoms with Crippen LogP contribution in [0.1, 0.15) is 58.2 Å². The normalized spacial score (nSPS) is 17.8. The van der Waals surface area contributed by atoms with Crippen molar-refractivity contribution in [2.45, 2.75) is 46.0 Å². The standard InChI is InChI=1S/C15H19N3OS2/c1-8(2)14-17-18-15(21-14)16-13(19)12-7-10-6-9(3)4-5-11(10)20-12/h7-9H,4-6H2,1-3H3,(H,16,18,19). The molecule has 1 aliphatic carbocycles. The van der Waals surface area contributed by atoms with E-state index in [1.54, 1.807) is 11.3 Å². The fraction of sp³-hybridized carbons (Fsp3) is 0.533. The Labute approximate surface area is 132 Å². The fourth-order valence-electron chi connectivity index (χ4n) is 2.49. The molecule has 21 heavy (non-hydrogen) atoms. The zero-order valence-electron chi connectivity index (χ0n) is 12.5. The van der Waals surface area contributed by atoms with Crippen LogP contribution in [-0.4, -0.2) is 16.1 Å². The van der Waals surface area contributed by atoms with Crippen molar-refractivity contribution >= 4 is 33.7 Å². The highest BCUT2D eigenvalue weighted by molar-refractivity contribution is 7.16. The van der Waals surface area contributed by atoms with Gasteiger partial charge >= 0.3 is 0 Å². The lowest BCUT2D eigenvalue weighted by atomic mass is 9.90. The number of carbonyl (C=O) groups is 1. The van der Waals surface area contributed by atoms with Crippen LogP contribution in [0.4, 0.5) is 5.13 Å². The fourth-order valence-corrected chi connectivity index (χ4v) is 4.34. The first-order chi connectivity index (χ1) is 10.0. The van der Waals surface area contributed by atoms with Crippen LogP contribution < -0.4 is 5.32 Å². The first kappa shape index (κ1) is 14.7. The topological polar surface area (TPSA) is 54.9 Å². The van der Waals surface area contributed by atoms with E-state index in [2.05, 4.69) is 42.4 Å². The lowest BCUT2D eigenvalue weighted by molar-refractivity contribution is 0.103. The Morgan fingerprint density at radius 2 is 2.19 bits per heavy atom. The average molecular weight is 321 g/mol. The summed E-state index contributed by atoms with van der Waals surface area (Å²) >= 11 is 3.07. The third-order valence-electron chi connectivity index (χ3n) is 3.71. The van der Waals surface area contributed by atoms with E-state index in [1.807, 2.05) is 0 Å². The van der Waals surface area contributed by atoms with Gasteiger partial charge in [-0.05, 0) is 36.8 Å². The van der Waals surface area contributed by atoms with Gasteiger partial charge in [0.25, 0.3) is 5.91 Å². The van der Waals surface area contributed by atoms with Crippen LogP contribution in [-0.2, 0) is 12.8 Å². The van der Waals surface area contributed by atoms with E-state index < -0.39 is 0 Å². The Kier molecular flexibility index (Phi) is 4.08. The third-order valence-corrected chi connectivity index (χ3v) is 6.08. The summed E-state index contributed by atoms with van der Waals surface area (Å²) in [6, 6.07) is 2.05. The van der Waals surface area contributed by atoms with E-state index in [4.69, 9.17) is 0 Å². The van der Waals surface area contributed by atoms with E-state index in [9.17, 15) is 4.79 Å². The molecule has 0 aromatic carbocycles. The van der Waals surface area contributed by atoms with Gasteiger partial charge in [-0.15, -0.1) is 21.5 Å². The number of fused-ring (bicyclic) bond motifs is 1. The molecule has 112 valence electrons. The summed E-state index contributed by atoms with van der Waals surface area (Å²) < 4.78 is 0. The van der Waals surface area contributed by atoms with Crippen molar-refractivity contribution < 1.29 is 4.79 Å². The number of aryl methyl sites for hydroxylation is 1. The maximum absolute atomic E-state index is 12.3. The predicted octanol–water partition coefficient (Wildman–Crippen LogP) is 4.10. The Balaban J connectivity index is 1.73. The Hall–Kier alpha value is -1.27. The van der Waals surface area contributed by atoms with Gasteiger partial charge < -0.3 is 0 Å². The summed E-state index contributed by atoms with van der Waals surface area (Å²) in [6.07, 6.45) is 3.42. The molecule has 0 spiro atoms. The molecule has 0 radical (unpaired) electrons. The average Bonchev–Trinajstić information content (AvgIpc) is 3.04. The van der Waals surface area contributed by atoms with Gasteiger partial charge in [-0.3, -0.25) is 10.1 Å². The number of hydrogen-bond acceptors (Lipinski definition) is 5. The summed E-state index contributed by atoms with van der Waals surface area (Å²) in [6.45, 7) is 6.41. The van der Waals surface area contributed by atoms with Gasteiger partial charge in [0.2, 0.25) is 5.13 Å². The monoisotopic (exact) mass is 321 g/mol. The van der Waals surface area contributed by atoms with E-state index >= 15 is 0 Å². The molecule has 0 fully saturated rings. The van der Waals surface area contributed by atoms with Gasteiger partial charge in [0.05, 0.1) is 4.88 Å². The number of amides is 1. The van der Waals surface area contributed by atoms with Gasteiger partial charge in [-0.1, -0.05) is 32.1 Å². The Morgan fingerprint density at radius 1 is 1.38 bits per heavy atom. The van der Waals surface area contributed by atoms with Gasteiger partial charge in [0.1, 0.15) is 5.01 Å². The summed E-state index contributed by atoms with van der Waals surface area (Å²) in [7, 11) is 0. The minimum atomic E-state index is -0.0616. The lowest BCUT2D eigenvalue weighted by Crippen LogP contribution is -2.10. The highest BCUT2D eigenvalue weighted by Crippen LogP contribution is 2.32. The van der Waals surface area contributed by atoms with Crippen LogP contribution >= 0.6 is 22.7 Å². The molecular weight excluding hydrogens is 302 g/mol. The van der Waals surface area contributed by atoms with E-state index in [0.29, 0.717) is 11.0 Å². The molecule has 2 aromatic rings. The quantitative estimate of drug-likeness (QED) is 0.926. The van der Waals surface area contributed by atoms with Crippen molar-refractivity contribution in [2.24, 2.45) is 5.92 Å². The molecule has 0 aliphatic heterocycles. The van der Waals surface area contributed by atoms with Gasteiger partial charge in [-0.2, -0.15) is 0 Å². The van der Waals surface area contributed by atoms with Crippen molar-refractivity contribution in [3.8, 4) is 0 Å². The predicted molar refractivity (Wildman–Crippen MR) is 87.5 cm³/mol. The molecule has 3 rings (SSSR count). The summed E-state index contributed by atoms with van der Waals surface area (Å²) in [5, 5.41) is 12.5. The number of thiophene rings is 1. The second-order valence-corrected chi connectivity index (χ2v) is 8.11. The molecular formula is C15H19N3OS2. The molecule has 4 nitrogen and oxygen atoms in total. The van der Waals surface area contributed by atoms with Crippen LogP contribution in [0, 0.1) is 5.92 Å². The summed E-state index contributed by atoms with van der Waals surface area (Å²) in [4.78, 5) is 14.5. The molecule has 0 saturated carbocycles. The van der Waals surface area contributed by atoms with Gasteiger partial charge in [0.15, 0.2) is 0 Å². The number of nitrogens with one attached hydrogen (secondary N) is 1. The Bertz CT molecular complexity index is 660. The van der Waals surface area contributed by atoms with Crippen LogP contribution in [0.5, 0.6) is 0 Å². The summed E-state index contributed by atoms with van der Waals surface area (Å²) in [5.74, 6) is 0.997. The number of rotatable bonds is 3. The van der Waals surface area contributed by atoms with E-state index in [-0.39, 0.29) is 5.91 Å². The number of anilines is 1. The van der Waals surface area contributed by atoms with Crippen molar-refractivity contribution in [1.82, 2.24) is 10.2 Å². The smallest absolute Gasteiger partial charge is 0.267 e. The molecule has 1 atom stereocenters. The molecule has 2 heterocycles. The van der Waals surface area contributed by atoms with Crippen molar-refractivity contribution in [3.63, 3.8) is 0 Å². The van der Waals surface area contributed by atoms with E-state index in [0.717, 1.165) is 28.6 Å². The highest BCUT2D eigenvalue weighted by Gasteiger charge is 2.21. The van der Waals surface area contributed by atoms with Gasteiger partial charge in [-0.25, -0.2) is 0 Å². The molecule has 1 aliphatic rings. The second-order valence-electron chi connectivity index (χ2n) is 5.96. The minimum Gasteiger partial charge on any atom is -0.296 e. The van der Waals surface area contributed by atoms with Crippen molar-refractivity contribution in [1.29, 1.82) is 0 Å². The molecule has 6 heteroatoms. The zero-order valence-corrected chi connectivity index (χ0v) is 14.1. The SMILES string of the molecule is CC1CCc2sc(C(=O)Nc3nnc(C(C)C)s3)cc2C1. The maximum atomic E-state index is 12.3. The molecule has 0 saturated heterocycles. The largest absolute Gasteiger partial charge is 0.296 e. The molecule has 0 bridgehead atoms. The first-order valence-corrected chi connectivity index (χ1v) is 8.92. The minimum absolute atomic E-state index is 0.0616. The highest BCUT2D eigenvalue weighted by atomic mass is 32.1. The number of aromatic nitrogens is 2. The number of nitrogens with zero attached hydrogens (tertiary/aromatic N) is 2. The van der Waals surface area contributed by atoms with E-state index in [1.165, 1.54) is 28.2 Å². The second kappa shape index (κ2) is 5.85. The van der Waals surface area contributed by atoms with Crippen LogP contribution in [0.3, 0.4) is 0 Å². The zero-order chi connectivity index (χ0) is 15.0. The number of hydrogen-bond donors (Lipinski definition) is 1. The van der Waals surface area contributed by atoms with Crippen LogP contribution in [0.2, 0.25) is 0 Å². The van der Waals surface area contributed by atoms with Crippen LogP contribution in [0.25, 0.3) is 0 Å². The maximum Gasteiger partial charge on any atom is 0.267 e. The van der Waals surface area contributed by atoms with Crippen molar-refractivity contribution in [3.05, 3.63) is 26.4 Å². The van der Waals surface area contributed by atoms with Crippen LogP contribution in [0.15, 0.2) is 6.07 Å². The molecule has 1 amide bonds. The first-order valence-electron chi connectivity index (χ1n) is 7.29. The molecule has 1 N–H and O–H groups in total. The molecule has 2 aromatic heterocycles. The summed E-state index contributed by atoms with van der Waals surface area (Å²) in [5.41, 5.74) is 1.35. The number of carbonyl (C=O) groups excluding carboxylic acids is 1. The Morgan fingerprint density at radius 3 is 2.90 bits per heavy atom. The van der Waals surface area contributed by atoms with Crippen molar-refractivity contribution in [2.75, 3.05) is 5.32 Å². The van der Waals surface area contributed by atoms with Gasteiger partial charge in [0, 0.05) is 10.8 Å². The third kappa shape index (κ3) is 3.16.